The molecule has 1 atom stereocenters. The average Bonchev–Trinajstić information content (AvgIpc) is 3.01. The average molecular weight is 675 g/mol. The van der Waals surface area contributed by atoms with E-state index in [2.05, 4.69) is 31.9 Å². The summed E-state index contributed by atoms with van der Waals surface area (Å²) in [5.41, 5.74) is 1.52. The zero-order valence-electron chi connectivity index (χ0n) is 23.4. The molecular formula is C33H28BrN3O6S. The highest BCUT2D eigenvalue weighted by Gasteiger charge is 2.20. The highest BCUT2D eigenvalue weighted by atomic mass is 79.9. The van der Waals surface area contributed by atoms with Gasteiger partial charge in [-0.2, -0.15) is 0 Å². The number of benzene rings is 4. The highest BCUT2D eigenvalue weighted by Crippen LogP contribution is 2.29. The summed E-state index contributed by atoms with van der Waals surface area (Å²) in [6.07, 6.45) is 2.04. The second-order valence-electron chi connectivity index (χ2n) is 9.45. The SMILES string of the molecule is CCC(Sc1cccc(NC(=O)/C(=C/c2ccc(Br)cc2)NC(=O)c2ccccc2)c1)C(=O)Nc1ccc(O)c(C(=O)O)c1. The molecule has 0 saturated carbocycles. The number of aromatic carboxylic acids is 1. The van der Waals surface area contributed by atoms with Gasteiger partial charge in [-0.05, 0) is 78.7 Å². The Morgan fingerprint density at radius 3 is 2.25 bits per heavy atom. The molecule has 5 N–H and O–H groups in total. The number of thioether (sulfide) groups is 1. The Morgan fingerprint density at radius 1 is 0.864 bits per heavy atom. The van der Waals surface area contributed by atoms with Crippen molar-refractivity contribution in [3.63, 3.8) is 0 Å². The van der Waals surface area contributed by atoms with Crippen molar-refractivity contribution in [1.29, 1.82) is 0 Å². The summed E-state index contributed by atoms with van der Waals surface area (Å²) in [5, 5.41) is 26.7. The lowest BCUT2D eigenvalue weighted by Crippen LogP contribution is -2.30. The van der Waals surface area contributed by atoms with Crippen LogP contribution in [0, 0.1) is 0 Å². The molecule has 0 bridgehead atoms. The van der Waals surface area contributed by atoms with E-state index in [4.69, 9.17) is 0 Å². The zero-order valence-corrected chi connectivity index (χ0v) is 25.8. The molecule has 4 aromatic carbocycles. The number of anilines is 2. The Balaban J connectivity index is 1.49. The number of nitrogens with one attached hydrogen (secondary N) is 3. The van der Waals surface area contributed by atoms with Gasteiger partial charge in [-0.1, -0.05) is 59.3 Å². The molecule has 0 spiro atoms. The van der Waals surface area contributed by atoms with Crippen molar-refractivity contribution < 1.29 is 29.4 Å². The first-order valence-corrected chi connectivity index (χ1v) is 15.1. The number of aromatic hydroxyl groups is 1. The van der Waals surface area contributed by atoms with Crippen molar-refractivity contribution in [2.75, 3.05) is 10.6 Å². The second-order valence-corrected chi connectivity index (χ2v) is 11.6. The number of carbonyl (C=O) groups excluding carboxylic acids is 3. The van der Waals surface area contributed by atoms with Crippen LogP contribution in [0.1, 0.15) is 39.6 Å². The molecule has 0 aliphatic carbocycles. The van der Waals surface area contributed by atoms with E-state index >= 15 is 0 Å². The molecular weight excluding hydrogens is 646 g/mol. The van der Waals surface area contributed by atoms with E-state index in [1.807, 2.05) is 19.1 Å². The van der Waals surface area contributed by atoms with E-state index in [-0.39, 0.29) is 22.9 Å². The lowest BCUT2D eigenvalue weighted by Gasteiger charge is -2.16. The van der Waals surface area contributed by atoms with Crippen LogP contribution >= 0.6 is 27.7 Å². The molecule has 0 fully saturated rings. The van der Waals surface area contributed by atoms with Crippen LogP contribution in [-0.2, 0) is 9.59 Å². The van der Waals surface area contributed by atoms with Crippen molar-refractivity contribution in [3.05, 3.63) is 124 Å². The molecule has 9 nitrogen and oxygen atoms in total. The van der Waals surface area contributed by atoms with Crippen LogP contribution in [0.3, 0.4) is 0 Å². The number of phenols is 1. The summed E-state index contributed by atoms with van der Waals surface area (Å²) < 4.78 is 0.871. The molecule has 0 radical (unpaired) electrons. The van der Waals surface area contributed by atoms with Crippen LogP contribution in [0.5, 0.6) is 5.75 Å². The Kier molecular flexibility index (Phi) is 11.0. The molecule has 11 heteroatoms. The van der Waals surface area contributed by atoms with Gasteiger partial charge >= 0.3 is 5.97 Å². The van der Waals surface area contributed by atoms with Gasteiger partial charge in [-0.25, -0.2) is 4.79 Å². The summed E-state index contributed by atoms with van der Waals surface area (Å²) in [7, 11) is 0. The van der Waals surface area contributed by atoms with Crippen molar-refractivity contribution in [3.8, 4) is 5.75 Å². The van der Waals surface area contributed by atoms with E-state index in [1.54, 1.807) is 72.8 Å². The molecule has 4 aromatic rings. The molecule has 0 aliphatic heterocycles. The number of hydrogen-bond acceptors (Lipinski definition) is 6. The maximum absolute atomic E-state index is 13.4. The Bertz CT molecular complexity index is 1710. The number of carboxylic acids is 1. The van der Waals surface area contributed by atoms with Crippen LogP contribution in [0.25, 0.3) is 6.08 Å². The maximum atomic E-state index is 13.4. The second kappa shape index (κ2) is 15.0. The Hall–Kier alpha value is -4.87. The Morgan fingerprint density at radius 2 is 1.57 bits per heavy atom. The predicted molar refractivity (Wildman–Crippen MR) is 175 cm³/mol. The van der Waals surface area contributed by atoms with Crippen LogP contribution in [0.2, 0.25) is 0 Å². The normalized spacial score (nSPS) is 11.7. The fourth-order valence-corrected chi connectivity index (χ4v) is 5.29. The quantitative estimate of drug-likeness (QED) is 0.0671. The highest BCUT2D eigenvalue weighted by molar-refractivity contribution is 9.10. The first-order chi connectivity index (χ1) is 21.1. The number of carboxylic acid groups (broad SMARTS) is 1. The van der Waals surface area contributed by atoms with Gasteiger partial charge in [0.1, 0.15) is 17.0 Å². The van der Waals surface area contributed by atoms with Crippen molar-refractivity contribution in [2.45, 2.75) is 23.5 Å². The van der Waals surface area contributed by atoms with Crippen LogP contribution in [-0.4, -0.2) is 39.2 Å². The maximum Gasteiger partial charge on any atom is 0.339 e. The minimum absolute atomic E-state index is 0.0414. The van der Waals surface area contributed by atoms with Crippen molar-refractivity contribution in [1.82, 2.24) is 5.32 Å². The smallest absolute Gasteiger partial charge is 0.339 e. The van der Waals surface area contributed by atoms with Gasteiger partial charge < -0.3 is 26.2 Å². The predicted octanol–water partition coefficient (Wildman–Crippen LogP) is 6.77. The van der Waals surface area contributed by atoms with Crippen molar-refractivity contribution >= 4 is 68.8 Å². The summed E-state index contributed by atoms with van der Waals surface area (Å²) in [4.78, 5) is 51.4. The number of halogens is 1. The van der Waals surface area contributed by atoms with E-state index in [9.17, 15) is 29.4 Å². The van der Waals surface area contributed by atoms with Crippen molar-refractivity contribution in [2.24, 2.45) is 0 Å². The molecule has 1 unspecified atom stereocenters. The van der Waals surface area contributed by atoms with E-state index in [0.717, 1.165) is 4.47 Å². The van der Waals surface area contributed by atoms with Gasteiger partial charge in [0.25, 0.3) is 11.8 Å². The third-order valence-electron chi connectivity index (χ3n) is 6.24. The van der Waals surface area contributed by atoms with E-state index in [0.29, 0.717) is 28.1 Å². The van der Waals surface area contributed by atoms with Gasteiger partial charge in [0, 0.05) is 26.3 Å². The lowest BCUT2D eigenvalue weighted by atomic mass is 10.1. The largest absolute Gasteiger partial charge is 0.507 e. The van der Waals surface area contributed by atoms with Crippen LogP contribution in [0.15, 0.2) is 112 Å². The van der Waals surface area contributed by atoms with Gasteiger partial charge in [-0.15, -0.1) is 11.8 Å². The fourth-order valence-electron chi connectivity index (χ4n) is 4.01. The fraction of sp³-hybridized carbons (Fsp3) is 0.0909. The first kappa shape index (κ1) is 32.1. The molecule has 224 valence electrons. The topological polar surface area (TPSA) is 145 Å². The number of amides is 3. The molecule has 3 amide bonds. The number of rotatable bonds is 11. The molecule has 0 saturated heterocycles. The molecule has 4 rings (SSSR count). The van der Waals surface area contributed by atoms with Gasteiger partial charge in [-0.3, -0.25) is 14.4 Å². The summed E-state index contributed by atoms with van der Waals surface area (Å²) in [5.74, 6) is -3.03. The van der Waals surface area contributed by atoms with Gasteiger partial charge in [0.15, 0.2) is 0 Å². The van der Waals surface area contributed by atoms with Gasteiger partial charge in [0.2, 0.25) is 5.91 Å². The third kappa shape index (κ3) is 8.82. The standard InChI is InChI=1S/C33H28BrN3O6S/c1-2-29(32(41)36-24-15-16-28(38)26(19-24)33(42)43)44-25-10-6-9-23(18-25)35-31(40)27(17-20-11-13-22(34)14-12-20)37-30(39)21-7-4-3-5-8-21/h3-19,29,38H,2H2,1H3,(H,35,40)(H,36,41)(H,37,39)(H,42,43)/b27-17-. The molecule has 44 heavy (non-hydrogen) atoms. The van der Waals surface area contributed by atoms with E-state index < -0.39 is 28.8 Å². The minimum Gasteiger partial charge on any atom is -0.507 e. The number of hydrogen-bond donors (Lipinski definition) is 5. The lowest BCUT2D eigenvalue weighted by molar-refractivity contribution is -0.116. The monoisotopic (exact) mass is 673 g/mol. The van der Waals surface area contributed by atoms with E-state index in [1.165, 1.54) is 30.0 Å². The van der Waals surface area contributed by atoms with Crippen LogP contribution in [0.4, 0.5) is 11.4 Å². The Labute approximate surface area is 266 Å². The van der Waals surface area contributed by atoms with Crippen LogP contribution < -0.4 is 16.0 Å². The summed E-state index contributed by atoms with van der Waals surface area (Å²) in [6.45, 7) is 1.84. The van der Waals surface area contributed by atoms with Gasteiger partial charge in [0.05, 0.1) is 5.25 Å². The summed E-state index contributed by atoms with van der Waals surface area (Å²) >= 11 is 4.67. The zero-order chi connectivity index (χ0) is 31.6. The minimum atomic E-state index is -1.31. The molecule has 0 heterocycles. The molecule has 0 aromatic heterocycles. The summed E-state index contributed by atoms with van der Waals surface area (Å²) in [6, 6.07) is 26.6. The third-order valence-corrected chi connectivity index (χ3v) is 8.12. The number of carbonyl (C=O) groups is 4. The first-order valence-electron chi connectivity index (χ1n) is 13.4. The molecule has 0 aliphatic rings.